The fraction of sp³-hybridized carbons (Fsp3) is 0.611. The maximum absolute atomic E-state index is 12.6. The Morgan fingerprint density at radius 1 is 1.22 bits per heavy atom. The molecule has 0 spiro atoms. The SMILES string of the molecule is Cc1ccc(S(=O)(=O)N/N=C2\CC3CCC2(C)C3(C)C)c(C)c1. The Labute approximate surface area is 139 Å². The molecule has 0 heterocycles. The van der Waals surface area contributed by atoms with Gasteiger partial charge < -0.3 is 0 Å². The molecule has 1 aromatic rings. The lowest BCUT2D eigenvalue weighted by molar-refractivity contribution is 0.193. The standard InChI is InChI=1S/C18H26N2O2S/c1-12-6-7-15(13(2)10-12)23(21,22)20-19-16-11-14-8-9-18(16,5)17(14,3)4/h6-7,10,14,20H,8-9,11H2,1-5H3/b19-16+. The van der Waals surface area contributed by atoms with Gasteiger partial charge in [-0.25, -0.2) is 4.83 Å². The Kier molecular flexibility index (Phi) is 3.63. The van der Waals surface area contributed by atoms with E-state index in [9.17, 15) is 8.42 Å². The third-order valence-corrected chi connectivity index (χ3v) is 7.80. The number of nitrogens with one attached hydrogen (secondary N) is 1. The number of sulfonamides is 1. The van der Waals surface area contributed by atoms with Crippen LogP contribution in [-0.2, 0) is 10.0 Å². The molecule has 2 aliphatic carbocycles. The first-order valence-electron chi connectivity index (χ1n) is 8.24. The van der Waals surface area contributed by atoms with Crippen LogP contribution in [0.25, 0.3) is 0 Å². The monoisotopic (exact) mass is 334 g/mol. The molecule has 2 fully saturated rings. The van der Waals surface area contributed by atoms with Crippen molar-refractivity contribution in [3.05, 3.63) is 29.3 Å². The number of hydrazone groups is 1. The molecule has 0 aromatic heterocycles. The van der Waals surface area contributed by atoms with Crippen LogP contribution in [-0.4, -0.2) is 14.1 Å². The number of fused-ring (bicyclic) bond motifs is 2. The van der Waals surface area contributed by atoms with Gasteiger partial charge in [-0.05, 0) is 56.1 Å². The molecule has 2 atom stereocenters. The quantitative estimate of drug-likeness (QED) is 0.855. The predicted octanol–water partition coefficient (Wildman–Crippen LogP) is 3.78. The molecule has 2 aliphatic rings. The summed E-state index contributed by atoms with van der Waals surface area (Å²) < 4.78 is 25.1. The maximum Gasteiger partial charge on any atom is 0.276 e. The Hall–Kier alpha value is -1.36. The minimum atomic E-state index is -3.61. The lowest BCUT2D eigenvalue weighted by atomic mass is 9.70. The van der Waals surface area contributed by atoms with Gasteiger partial charge in [-0.3, -0.25) is 0 Å². The van der Waals surface area contributed by atoms with Crippen LogP contribution in [0.4, 0.5) is 0 Å². The summed E-state index contributed by atoms with van der Waals surface area (Å²) in [6.45, 7) is 10.6. The lowest BCUT2D eigenvalue weighted by Crippen LogP contribution is -2.34. The topological polar surface area (TPSA) is 58.5 Å². The second kappa shape index (κ2) is 5.07. The first-order chi connectivity index (χ1) is 10.6. The molecule has 5 heteroatoms. The summed E-state index contributed by atoms with van der Waals surface area (Å²) in [5, 5.41) is 4.36. The molecule has 126 valence electrons. The highest BCUT2D eigenvalue weighted by atomic mass is 32.2. The smallest absolute Gasteiger partial charge is 0.200 e. The van der Waals surface area contributed by atoms with Crippen LogP contribution < -0.4 is 4.83 Å². The van der Waals surface area contributed by atoms with E-state index in [1.807, 2.05) is 26.0 Å². The van der Waals surface area contributed by atoms with Gasteiger partial charge in [0.15, 0.2) is 0 Å². The molecular formula is C18H26N2O2S. The van der Waals surface area contributed by atoms with E-state index >= 15 is 0 Å². The van der Waals surface area contributed by atoms with Gasteiger partial charge in [0.1, 0.15) is 0 Å². The largest absolute Gasteiger partial charge is 0.276 e. The molecule has 3 rings (SSSR count). The molecule has 0 aliphatic heterocycles. The van der Waals surface area contributed by atoms with Gasteiger partial charge in [0.05, 0.1) is 4.90 Å². The predicted molar refractivity (Wildman–Crippen MR) is 92.9 cm³/mol. The minimum absolute atomic E-state index is 0.00249. The molecule has 0 amide bonds. The zero-order valence-electron chi connectivity index (χ0n) is 14.6. The normalized spacial score (nSPS) is 30.8. The molecule has 4 nitrogen and oxygen atoms in total. The van der Waals surface area contributed by atoms with Gasteiger partial charge in [-0.1, -0.05) is 38.5 Å². The fourth-order valence-corrected chi connectivity index (χ4v) is 5.42. The summed E-state index contributed by atoms with van der Waals surface area (Å²) in [5.74, 6) is 0.608. The van der Waals surface area contributed by atoms with Crippen LogP contribution in [0, 0.1) is 30.6 Å². The molecule has 2 unspecified atom stereocenters. The molecule has 1 N–H and O–H groups in total. The van der Waals surface area contributed by atoms with Gasteiger partial charge in [-0.15, -0.1) is 0 Å². The first kappa shape index (κ1) is 16.5. The van der Waals surface area contributed by atoms with Crippen LogP contribution in [0.3, 0.4) is 0 Å². The number of hydrogen-bond donors (Lipinski definition) is 1. The van der Waals surface area contributed by atoms with Gasteiger partial charge >= 0.3 is 0 Å². The molecule has 1 aromatic carbocycles. The summed E-state index contributed by atoms with van der Waals surface area (Å²) in [7, 11) is -3.61. The van der Waals surface area contributed by atoms with Crippen molar-refractivity contribution >= 4 is 15.7 Å². The van der Waals surface area contributed by atoms with Crippen molar-refractivity contribution in [3.8, 4) is 0 Å². The van der Waals surface area contributed by atoms with Crippen molar-refractivity contribution in [1.29, 1.82) is 0 Å². The van der Waals surface area contributed by atoms with Crippen LogP contribution in [0.2, 0.25) is 0 Å². The molecule has 23 heavy (non-hydrogen) atoms. The van der Waals surface area contributed by atoms with Gasteiger partial charge in [-0.2, -0.15) is 13.5 Å². The van der Waals surface area contributed by atoms with Crippen molar-refractivity contribution in [2.24, 2.45) is 21.8 Å². The highest BCUT2D eigenvalue weighted by Crippen LogP contribution is 2.63. The minimum Gasteiger partial charge on any atom is -0.200 e. The summed E-state index contributed by atoms with van der Waals surface area (Å²) >= 11 is 0. The van der Waals surface area contributed by atoms with Crippen molar-refractivity contribution in [2.75, 3.05) is 0 Å². The number of benzene rings is 1. The van der Waals surface area contributed by atoms with E-state index in [1.54, 1.807) is 6.07 Å². The Bertz CT molecular complexity index is 780. The van der Waals surface area contributed by atoms with E-state index < -0.39 is 10.0 Å². The number of nitrogens with zero attached hydrogens (tertiary/aromatic N) is 1. The Morgan fingerprint density at radius 2 is 1.91 bits per heavy atom. The van der Waals surface area contributed by atoms with Gasteiger partial charge in [0.2, 0.25) is 0 Å². The van der Waals surface area contributed by atoms with Crippen molar-refractivity contribution in [1.82, 2.24) is 4.83 Å². The Morgan fingerprint density at radius 3 is 2.43 bits per heavy atom. The van der Waals surface area contributed by atoms with E-state index in [2.05, 4.69) is 30.7 Å². The third-order valence-electron chi connectivity index (χ3n) is 6.43. The number of hydrogen-bond acceptors (Lipinski definition) is 3. The fourth-order valence-electron chi connectivity index (χ4n) is 4.36. The third kappa shape index (κ3) is 2.40. The van der Waals surface area contributed by atoms with E-state index in [0.29, 0.717) is 10.8 Å². The van der Waals surface area contributed by atoms with E-state index in [4.69, 9.17) is 0 Å². The number of rotatable bonds is 3. The molecule has 2 bridgehead atoms. The Balaban J connectivity index is 1.88. The summed E-state index contributed by atoms with van der Waals surface area (Å²) in [5.41, 5.74) is 3.00. The first-order valence-corrected chi connectivity index (χ1v) is 9.72. The van der Waals surface area contributed by atoms with Crippen LogP contribution in [0.1, 0.15) is 51.2 Å². The molecular weight excluding hydrogens is 308 g/mol. The van der Waals surface area contributed by atoms with Crippen molar-refractivity contribution in [2.45, 2.75) is 58.8 Å². The number of aryl methyl sites for hydroxylation is 2. The second-order valence-corrected chi connectivity index (χ2v) is 9.54. The van der Waals surface area contributed by atoms with E-state index in [1.165, 1.54) is 6.42 Å². The van der Waals surface area contributed by atoms with E-state index in [0.717, 1.165) is 29.7 Å². The van der Waals surface area contributed by atoms with Crippen LogP contribution in [0.5, 0.6) is 0 Å². The van der Waals surface area contributed by atoms with Gasteiger partial charge in [0.25, 0.3) is 10.0 Å². The zero-order chi connectivity index (χ0) is 17.0. The van der Waals surface area contributed by atoms with Crippen molar-refractivity contribution in [3.63, 3.8) is 0 Å². The maximum atomic E-state index is 12.6. The van der Waals surface area contributed by atoms with Gasteiger partial charge in [0, 0.05) is 11.1 Å². The summed E-state index contributed by atoms with van der Waals surface area (Å²) in [6.07, 6.45) is 3.21. The molecule has 0 saturated heterocycles. The van der Waals surface area contributed by atoms with Crippen molar-refractivity contribution < 1.29 is 8.42 Å². The average Bonchev–Trinajstić information content (AvgIpc) is 2.77. The summed E-state index contributed by atoms with van der Waals surface area (Å²) in [6, 6.07) is 5.35. The van der Waals surface area contributed by atoms with Crippen LogP contribution >= 0.6 is 0 Å². The molecule has 2 saturated carbocycles. The van der Waals surface area contributed by atoms with E-state index in [-0.39, 0.29) is 10.8 Å². The summed E-state index contributed by atoms with van der Waals surface area (Å²) in [4.78, 5) is 2.79. The highest BCUT2D eigenvalue weighted by Gasteiger charge is 2.60. The second-order valence-electron chi connectivity index (χ2n) is 7.92. The average molecular weight is 334 g/mol. The lowest BCUT2D eigenvalue weighted by Gasteiger charge is -2.34. The molecule has 0 radical (unpaired) electrons. The zero-order valence-corrected chi connectivity index (χ0v) is 15.4. The van der Waals surface area contributed by atoms with Crippen LogP contribution in [0.15, 0.2) is 28.2 Å². The highest BCUT2D eigenvalue weighted by molar-refractivity contribution is 7.89.